The Labute approximate surface area is 224 Å². The minimum Gasteiger partial charge on any atom is -0.324 e. The van der Waals surface area contributed by atoms with Gasteiger partial charge in [0.25, 0.3) is 5.91 Å². The highest BCUT2D eigenvalue weighted by Gasteiger charge is 2.12. The Hall–Kier alpha value is -4.85. The average Bonchev–Trinajstić information content (AvgIpc) is 3.26. The third-order valence-corrected chi connectivity index (χ3v) is 4.92. The van der Waals surface area contributed by atoms with E-state index in [0.29, 0.717) is 11.3 Å². The summed E-state index contributed by atoms with van der Waals surface area (Å²) in [5, 5.41) is 5.43. The molecule has 5 aromatic rings. The molecule has 0 saturated carbocycles. The first-order chi connectivity index (χ1) is 22.0. The third kappa shape index (κ3) is 5.12. The number of pyridine rings is 1. The molecular formula is C28H25N7O. The molecule has 0 aliphatic carbocycles. The maximum absolute atomic E-state index is 13.5. The maximum Gasteiger partial charge on any atom is 0.255 e. The summed E-state index contributed by atoms with van der Waals surface area (Å²) in [6.07, 6.45) is -2.29. The smallest absolute Gasteiger partial charge is 0.255 e. The summed E-state index contributed by atoms with van der Waals surface area (Å²) < 4.78 is 91.5. The van der Waals surface area contributed by atoms with Crippen molar-refractivity contribution in [3.8, 4) is 16.9 Å². The van der Waals surface area contributed by atoms with Crippen LogP contribution in [0.2, 0.25) is 0 Å². The standard InChI is InChI=1S/C28H25N7O/c1-18-11-23(14-24(12-18)35-16-20(3)31-17-35)32-27(36)21-7-6-19(2)26(13-21)34-28-30-10-8-25(33-28)22-5-4-9-29-15-22/h4-17H,1-3H3,(H,32,36)(H,30,33,34)/i4D,5D,8D,9D,10D,11D,12D,14D,15D,16D,17D. The zero-order valence-electron chi connectivity index (χ0n) is 30.4. The number of hydrogen-bond donors (Lipinski definition) is 2. The monoisotopic (exact) mass is 486 g/mol. The summed E-state index contributed by atoms with van der Waals surface area (Å²) in [5.74, 6) is -0.952. The molecule has 0 spiro atoms. The molecule has 0 saturated heterocycles. The highest BCUT2D eigenvalue weighted by molar-refractivity contribution is 6.05. The van der Waals surface area contributed by atoms with Crippen LogP contribution in [0.5, 0.6) is 0 Å². The molecule has 0 unspecified atom stereocenters. The number of anilines is 3. The Morgan fingerprint density at radius 2 is 1.94 bits per heavy atom. The zero-order chi connectivity index (χ0) is 34.6. The number of carbonyl (C=O) groups is 1. The molecule has 0 radical (unpaired) electrons. The Balaban J connectivity index is 1.52. The van der Waals surface area contributed by atoms with Crippen LogP contribution >= 0.6 is 0 Å². The van der Waals surface area contributed by atoms with Crippen molar-refractivity contribution in [2.75, 3.05) is 10.6 Å². The van der Waals surface area contributed by atoms with Crippen molar-refractivity contribution in [2.24, 2.45) is 0 Å². The van der Waals surface area contributed by atoms with Gasteiger partial charge in [-0.25, -0.2) is 15.0 Å². The van der Waals surface area contributed by atoms with Gasteiger partial charge in [0.05, 0.1) is 31.4 Å². The molecule has 178 valence electrons. The number of nitrogens with zero attached hydrogens (tertiary/aromatic N) is 5. The summed E-state index contributed by atoms with van der Waals surface area (Å²) in [4.78, 5) is 29.2. The molecule has 2 N–H and O–H groups in total. The molecule has 36 heavy (non-hydrogen) atoms. The third-order valence-electron chi connectivity index (χ3n) is 4.92. The molecule has 0 aliphatic heterocycles. The molecule has 8 nitrogen and oxygen atoms in total. The minimum absolute atomic E-state index is 0.0614. The summed E-state index contributed by atoms with van der Waals surface area (Å²) in [5.41, 5.74) is 0.227. The van der Waals surface area contributed by atoms with Crippen molar-refractivity contribution in [2.45, 2.75) is 20.8 Å². The van der Waals surface area contributed by atoms with E-state index in [1.807, 2.05) is 0 Å². The fourth-order valence-electron chi connectivity index (χ4n) is 3.21. The normalized spacial score (nSPS) is 15.0. The number of aromatic nitrogens is 5. The number of amides is 1. The van der Waals surface area contributed by atoms with E-state index in [-0.39, 0.29) is 70.0 Å². The Morgan fingerprint density at radius 1 is 1.06 bits per heavy atom. The van der Waals surface area contributed by atoms with Crippen molar-refractivity contribution < 1.29 is 19.9 Å². The van der Waals surface area contributed by atoms with E-state index >= 15 is 0 Å². The lowest BCUT2D eigenvalue weighted by molar-refractivity contribution is 0.102. The number of nitrogens with one attached hydrogen (secondary N) is 2. The molecule has 8 heteroatoms. The van der Waals surface area contributed by atoms with Crippen LogP contribution in [0, 0.1) is 20.8 Å². The topological polar surface area (TPSA) is 97.6 Å². The molecule has 2 aromatic carbocycles. The molecular weight excluding hydrogens is 450 g/mol. The summed E-state index contributed by atoms with van der Waals surface area (Å²) in [7, 11) is 0. The Kier molecular flexibility index (Phi) is 3.62. The summed E-state index contributed by atoms with van der Waals surface area (Å²) >= 11 is 0. The lowest BCUT2D eigenvalue weighted by atomic mass is 10.1. The highest BCUT2D eigenvalue weighted by atomic mass is 16.1. The van der Waals surface area contributed by atoms with Crippen molar-refractivity contribution in [3.05, 3.63) is 108 Å². The van der Waals surface area contributed by atoms with Crippen LogP contribution in [0.15, 0.2) is 85.4 Å². The largest absolute Gasteiger partial charge is 0.324 e. The van der Waals surface area contributed by atoms with E-state index in [4.69, 9.17) is 15.1 Å². The number of hydrogen-bond acceptors (Lipinski definition) is 6. The molecule has 0 aliphatic rings. The predicted molar refractivity (Wildman–Crippen MR) is 141 cm³/mol. The number of imidazole rings is 1. The van der Waals surface area contributed by atoms with Gasteiger partial charge in [-0.15, -0.1) is 0 Å². The van der Waals surface area contributed by atoms with Crippen molar-refractivity contribution in [1.82, 2.24) is 24.5 Å². The van der Waals surface area contributed by atoms with Gasteiger partial charge in [-0.2, -0.15) is 0 Å². The van der Waals surface area contributed by atoms with Gasteiger partial charge in [-0.05, 0) is 80.3 Å². The quantitative estimate of drug-likeness (QED) is 0.322. The molecule has 3 heterocycles. The number of rotatable bonds is 6. The van der Waals surface area contributed by atoms with Crippen LogP contribution in [-0.4, -0.2) is 30.4 Å². The van der Waals surface area contributed by atoms with E-state index in [1.54, 1.807) is 13.0 Å². The summed E-state index contributed by atoms with van der Waals surface area (Å²) in [6.45, 7) is 4.68. The van der Waals surface area contributed by atoms with E-state index in [9.17, 15) is 4.79 Å². The van der Waals surface area contributed by atoms with Crippen LogP contribution in [0.25, 0.3) is 16.9 Å². The van der Waals surface area contributed by atoms with Gasteiger partial charge in [-0.1, -0.05) is 6.07 Å². The summed E-state index contributed by atoms with van der Waals surface area (Å²) in [6, 6.07) is 1.84. The molecule has 0 bridgehead atoms. The second-order valence-corrected chi connectivity index (χ2v) is 7.67. The first kappa shape index (κ1) is 13.3. The molecule has 1 amide bonds. The van der Waals surface area contributed by atoms with Gasteiger partial charge in [0.1, 0.15) is 1.37 Å². The van der Waals surface area contributed by atoms with Gasteiger partial charge in [-0.3, -0.25) is 9.78 Å². The van der Waals surface area contributed by atoms with E-state index in [0.717, 1.165) is 4.57 Å². The first-order valence-electron chi connectivity index (χ1n) is 16.2. The zero-order valence-corrected chi connectivity index (χ0v) is 19.4. The van der Waals surface area contributed by atoms with Crippen LogP contribution in [-0.2, 0) is 0 Å². The highest BCUT2D eigenvalue weighted by Crippen LogP contribution is 2.24. The lowest BCUT2D eigenvalue weighted by Crippen LogP contribution is -2.13. The molecule has 0 atom stereocenters. The molecule has 3 aromatic heterocycles. The lowest BCUT2D eigenvalue weighted by Gasteiger charge is -2.13. The van der Waals surface area contributed by atoms with Gasteiger partial charge in [0.2, 0.25) is 5.95 Å². The fourth-order valence-corrected chi connectivity index (χ4v) is 3.21. The van der Waals surface area contributed by atoms with Crippen molar-refractivity contribution in [3.63, 3.8) is 0 Å². The van der Waals surface area contributed by atoms with Gasteiger partial charge < -0.3 is 15.2 Å². The van der Waals surface area contributed by atoms with E-state index < -0.39 is 48.6 Å². The average molecular weight is 487 g/mol. The fraction of sp³-hybridized carbons (Fsp3) is 0.107. The number of carbonyl (C=O) groups excluding carboxylic acids is 1. The maximum atomic E-state index is 13.5. The predicted octanol–water partition coefficient (Wildman–Crippen LogP) is 5.65. The minimum atomic E-state index is -0.733. The SMILES string of the molecule is [2H]c1nc(Nc2cc(C(=O)Nc3c([2H])c(C)c([2H])c(-n4c([2H])nc(C)c4[2H])c3[2H])ccc2C)nc(-c2c([2H])nc([2H])c([2H])c2[2H])c1[2H]. The Morgan fingerprint density at radius 3 is 2.78 bits per heavy atom. The van der Waals surface area contributed by atoms with Crippen LogP contribution < -0.4 is 10.6 Å². The number of benzene rings is 2. The van der Waals surface area contributed by atoms with Crippen molar-refractivity contribution >= 4 is 23.2 Å². The van der Waals surface area contributed by atoms with Crippen LogP contribution in [0.3, 0.4) is 0 Å². The second kappa shape index (κ2) is 9.79. The van der Waals surface area contributed by atoms with Crippen molar-refractivity contribution in [1.29, 1.82) is 0 Å². The number of aryl methyl sites for hydroxylation is 2. The first-order valence-corrected chi connectivity index (χ1v) is 10.7. The Bertz CT molecular complexity index is 2140. The molecule has 0 fully saturated rings. The molecule has 5 rings (SSSR count). The second-order valence-electron chi connectivity index (χ2n) is 7.67. The van der Waals surface area contributed by atoms with Crippen LogP contribution in [0.4, 0.5) is 17.3 Å². The van der Waals surface area contributed by atoms with E-state index in [2.05, 4.69) is 30.6 Å². The van der Waals surface area contributed by atoms with Gasteiger partial charge in [0, 0.05) is 52.9 Å². The van der Waals surface area contributed by atoms with Crippen LogP contribution in [0.1, 0.15) is 42.3 Å². The van der Waals surface area contributed by atoms with E-state index in [1.165, 1.54) is 26.0 Å². The van der Waals surface area contributed by atoms with Gasteiger partial charge >= 0.3 is 0 Å². The van der Waals surface area contributed by atoms with Gasteiger partial charge in [0.15, 0.2) is 0 Å².